The van der Waals surface area contributed by atoms with Crippen LogP contribution in [0.25, 0.3) is 121 Å². The van der Waals surface area contributed by atoms with Crippen molar-refractivity contribution >= 4 is 65.6 Å². The average Bonchev–Trinajstić information content (AvgIpc) is 4.07. The minimum absolute atomic E-state index is 0.143. The van der Waals surface area contributed by atoms with Crippen LogP contribution in [0.3, 0.4) is 0 Å². The average molecular weight is 843 g/mol. The van der Waals surface area contributed by atoms with Crippen LogP contribution in [-0.2, 0) is 5.41 Å². The fourth-order valence-electron chi connectivity index (χ4n) is 11.3. The largest absolute Gasteiger partial charge is 0.456 e. The van der Waals surface area contributed by atoms with E-state index in [1.54, 1.807) is 0 Å². The molecule has 0 saturated carbocycles. The monoisotopic (exact) mass is 842 g/mol. The van der Waals surface area contributed by atoms with E-state index < -0.39 is 0 Å². The number of furan rings is 1. The zero-order valence-corrected chi connectivity index (χ0v) is 36.6. The standard InChI is InChI=1S/C63H42N2O/c1-63(2)55-24-14-12-22-47(55)49-35-52-50-33-42(27-29-58(50)65(59(52)37-56(49)63)46-31-43(39-16-6-3-7-17-39)30-44(32-46)40-18-8-4-9-19-40)41-26-28-57-51(34-41)53-36-54-48-23-13-15-25-61(48)66-62(54)38-60(53)64(57)45-20-10-5-11-21-45/h3-38H,1-2H3. The highest BCUT2D eigenvalue weighted by Gasteiger charge is 2.36. The first kappa shape index (κ1) is 37.0. The third-order valence-corrected chi connectivity index (χ3v) is 14.5. The molecule has 0 N–H and O–H groups in total. The highest BCUT2D eigenvalue weighted by Crippen LogP contribution is 2.51. The van der Waals surface area contributed by atoms with Crippen LogP contribution in [0, 0.1) is 0 Å². The van der Waals surface area contributed by atoms with E-state index in [1.165, 1.54) is 93.7 Å². The summed E-state index contributed by atoms with van der Waals surface area (Å²) < 4.78 is 11.3. The normalized spacial score (nSPS) is 13.1. The van der Waals surface area contributed by atoms with E-state index in [-0.39, 0.29) is 5.41 Å². The van der Waals surface area contributed by atoms with Crippen molar-refractivity contribution < 1.29 is 4.42 Å². The molecule has 0 radical (unpaired) electrons. The molecule has 14 rings (SSSR count). The number of hydrogen-bond donors (Lipinski definition) is 0. The summed E-state index contributed by atoms with van der Waals surface area (Å²) in [6, 6.07) is 80.3. The molecule has 0 bridgehead atoms. The smallest absolute Gasteiger partial charge is 0.137 e. The predicted octanol–water partition coefficient (Wildman–Crippen LogP) is 17.1. The number of rotatable bonds is 5. The van der Waals surface area contributed by atoms with Gasteiger partial charge in [0.15, 0.2) is 0 Å². The van der Waals surface area contributed by atoms with Crippen LogP contribution in [0.1, 0.15) is 25.0 Å². The molecule has 0 aliphatic heterocycles. The van der Waals surface area contributed by atoms with Gasteiger partial charge in [-0.25, -0.2) is 0 Å². The van der Waals surface area contributed by atoms with Crippen LogP contribution in [0.5, 0.6) is 0 Å². The van der Waals surface area contributed by atoms with Crippen molar-refractivity contribution in [3.63, 3.8) is 0 Å². The van der Waals surface area contributed by atoms with Crippen LogP contribution in [0.15, 0.2) is 223 Å². The SMILES string of the molecule is CC1(C)c2ccccc2-c2cc3c4cc(-c5ccc6c(c5)c5cc7c(cc5n6-c5ccccc5)oc5ccccc57)ccc4n(-c4cc(-c5ccccc5)cc(-c5ccccc5)c4)c3cc21. The van der Waals surface area contributed by atoms with Crippen molar-refractivity contribution in [1.82, 2.24) is 9.13 Å². The Labute approximate surface area is 382 Å². The molecular weight excluding hydrogens is 801 g/mol. The van der Waals surface area contributed by atoms with Crippen molar-refractivity contribution in [1.29, 1.82) is 0 Å². The minimum Gasteiger partial charge on any atom is -0.456 e. The molecule has 0 unspecified atom stereocenters. The van der Waals surface area contributed by atoms with Gasteiger partial charge in [-0.15, -0.1) is 0 Å². The summed E-state index contributed by atoms with van der Waals surface area (Å²) in [6.07, 6.45) is 0. The van der Waals surface area contributed by atoms with Crippen molar-refractivity contribution in [3.8, 4) is 55.9 Å². The Kier molecular flexibility index (Phi) is 7.74. The molecule has 1 aliphatic rings. The summed E-state index contributed by atoms with van der Waals surface area (Å²) in [5.74, 6) is 0. The second kappa shape index (κ2) is 13.8. The van der Waals surface area contributed by atoms with Gasteiger partial charge in [0.2, 0.25) is 0 Å². The lowest BCUT2D eigenvalue weighted by atomic mass is 9.82. The zero-order valence-electron chi connectivity index (χ0n) is 36.6. The third-order valence-electron chi connectivity index (χ3n) is 14.5. The first-order chi connectivity index (χ1) is 32.5. The van der Waals surface area contributed by atoms with Gasteiger partial charge in [0, 0.05) is 55.2 Å². The lowest BCUT2D eigenvalue weighted by Crippen LogP contribution is -2.14. The second-order valence-corrected chi connectivity index (χ2v) is 18.5. The van der Waals surface area contributed by atoms with E-state index in [9.17, 15) is 0 Å². The Morgan fingerprint density at radius 1 is 0.303 bits per heavy atom. The van der Waals surface area contributed by atoms with Crippen molar-refractivity contribution in [2.24, 2.45) is 0 Å². The minimum atomic E-state index is -0.143. The molecule has 0 amide bonds. The number of nitrogens with zero attached hydrogens (tertiary/aromatic N) is 2. The van der Waals surface area contributed by atoms with Crippen LogP contribution >= 0.6 is 0 Å². The van der Waals surface area contributed by atoms with Crippen LogP contribution in [-0.4, -0.2) is 9.13 Å². The molecule has 3 heteroatoms. The number of para-hydroxylation sites is 2. The summed E-state index contributed by atoms with van der Waals surface area (Å²) >= 11 is 0. The van der Waals surface area contributed by atoms with Crippen LogP contribution in [0.2, 0.25) is 0 Å². The number of hydrogen-bond acceptors (Lipinski definition) is 1. The summed E-state index contributed by atoms with van der Waals surface area (Å²) in [7, 11) is 0. The van der Waals surface area contributed by atoms with E-state index in [2.05, 4.69) is 235 Å². The third kappa shape index (κ3) is 5.38. The van der Waals surface area contributed by atoms with Gasteiger partial charge in [0.25, 0.3) is 0 Å². The Balaban J connectivity index is 1.03. The molecule has 0 saturated heterocycles. The maximum absolute atomic E-state index is 6.45. The molecule has 0 spiro atoms. The highest BCUT2D eigenvalue weighted by atomic mass is 16.3. The quantitative estimate of drug-likeness (QED) is 0.169. The fraction of sp³-hybridized carbons (Fsp3) is 0.0476. The zero-order chi connectivity index (χ0) is 43.7. The fourth-order valence-corrected chi connectivity index (χ4v) is 11.3. The lowest BCUT2D eigenvalue weighted by Gasteiger charge is -2.22. The van der Waals surface area contributed by atoms with Gasteiger partial charge in [-0.1, -0.05) is 147 Å². The molecular formula is C63H42N2O. The highest BCUT2D eigenvalue weighted by molar-refractivity contribution is 6.18. The Hall–Kier alpha value is -8.40. The van der Waals surface area contributed by atoms with Crippen LogP contribution < -0.4 is 0 Å². The van der Waals surface area contributed by atoms with E-state index in [4.69, 9.17) is 4.42 Å². The number of fused-ring (bicyclic) bond motifs is 12. The molecule has 3 aromatic heterocycles. The van der Waals surface area contributed by atoms with Crippen LogP contribution in [0.4, 0.5) is 0 Å². The van der Waals surface area contributed by atoms with Gasteiger partial charge in [-0.05, 0) is 134 Å². The van der Waals surface area contributed by atoms with E-state index in [0.29, 0.717) is 0 Å². The van der Waals surface area contributed by atoms with Gasteiger partial charge < -0.3 is 13.6 Å². The van der Waals surface area contributed by atoms with E-state index >= 15 is 0 Å². The summed E-state index contributed by atoms with van der Waals surface area (Å²) in [5, 5.41) is 7.17. The van der Waals surface area contributed by atoms with E-state index in [0.717, 1.165) is 38.8 Å². The maximum atomic E-state index is 6.45. The first-order valence-corrected chi connectivity index (χ1v) is 22.9. The molecule has 66 heavy (non-hydrogen) atoms. The lowest BCUT2D eigenvalue weighted by molar-refractivity contribution is 0.661. The first-order valence-electron chi connectivity index (χ1n) is 22.9. The van der Waals surface area contributed by atoms with Gasteiger partial charge in [0.05, 0.1) is 22.1 Å². The van der Waals surface area contributed by atoms with Gasteiger partial charge >= 0.3 is 0 Å². The number of aromatic nitrogens is 2. The second-order valence-electron chi connectivity index (χ2n) is 18.5. The molecule has 10 aromatic carbocycles. The molecule has 3 heterocycles. The Bertz CT molecular complexity index is 4050. The molecule has 3 nitrogen and oxygen atoms in total. The van der Waals surface area contributed by atoms with Gasteiger partial charge in [-0.2, -0.15) is 0 Å². The van der Waals surface area contributed by atoms with Gasteiger partial charge in [0.1, 0.15) is 11.2 Å². The molecule has 1 aliphatic carbocycles. The van der Waals surface area contributed by atoms with Crippen molar-refractivity contribution in [2.45, 2.75) is 19.3 Å². The summed E-state index contributed by atoms with van der Waals surface area (Å²) in [6.45, 7) is 4.76. The molecule has 13 aromatic rings. The van der Waals surface area contributed by atoms with Gasteiger partial charge in [-0.3, -0.25) is 0 Å². The summed E-state index contributed by atoms with van der Waals surface area (Å²) in [5.41, 5.74) is 21.2. The maximum Gasteiger partial charge on any atom is 0.137 e. The van der Waals surface area contributed by atoms with Crippen molar-refractivity contribution in [3.05, 3.63) is 230 Å². The topological polar surface area (TPSA) is 23.0 Å². The molecule has 0 fully saturated rings. The Morgan fingerprint density at radius 2 is 0.848 bits per heavy atom. The van der Waals surface area contributed by atoms with Crippen molar-refractivity contribution in [2.75, 3.05) is 0 Å². The molecule has 310 valence electrons. The number of benzene rings is 10. The Morgan fingerprint density at radius 3 is 1.53 bits per heavy atom. The molecule has 0 atom stereocenters. The summed E-state index contributed by atoms with van der Waals surface area (Å²) in [4.78, 5) is 0. The van der Waals surface area contributed by atoms with E-state index in [1.807, 2.05) is 6.07 Å². The predicted molar refractivity (Wildman–Crippen MR) is 276 cm³/mol.